The SMILES string of the molecule is O=C(NCc1ccco1)[C@H]1CCCN(C2CCN(C3Cc4ccccc4C3)CC2)C1. The first kappa shape index (κ1) is 19.8. The number of nitrogens with zero attached hydrogens (tertiary/aromatic N) is 2. The van der Waals surface area contributed by atoms with Crippen molar-refractivity contribution in [2.75, 3.05) is 26.2 Å². The van der Waals surface area contributed by atoms with Crippen LogP contribution in [-0.2, 0) is 24.2 Å². The van der Waals surface area contributed by atoms with Crippen molar-refractivity contribution in [2.24, 2.45) is 5.92 Å². The summed E-state index contributed by atoms with van der Waals surface area (Å²) in [7, 11) is 0. The van der Waals surface area contributed by atoms with E-state index in [0.29, 0.717) is 18.6 Å². The number of nitrogens with one attached hydrogen (secondary N) is 1. The van der Waals surface area contributed by atoms with Gasteiger partial charge in [0.1, 0.15) is 5.76 Å². The predicted octanol–water partition coefficient (Wildman–Crippen LogP) is 3.24. The van der Waals surface area contributed by atoms with Gasteiger partial charge in [-0.15, -0.1) is 0 Å². The first-order valence-corrected chi connectivity index (χ1v) is 11.6. The highest BCUT2D eigenvalue weighted by molar-refractivity contribution is 5.78. The topological polar surface area (TPSA) is 48.7 Å². The van der Waals surface area contributed by atoms with Crippen molar-refractivity contribution >= 4 is 5.91 Å². The first-order chi connectivity index (χ1) is 14.8. The lowest BCUT2D eigenvalue weighted by atomic mass is 9.92. The quantitative estimate of drug-likeness (QED) is 0.827. The van der Waals surface area contributed by atoms with Crippen LogP contribution in [0.1, 0.15) is 42.6 Å². The third-order valence-corrected chi connectivity index (χ3v) is 7.40. The summed E-state index contributed by atoms with van der Waals surface area (Å²) in [6.45, 7) is 4.92. The molecular formula is C25H33N3O2. The van der Waals surface area contributed by atoms with E-state index in [9.17, 15) is 4.79 Å². The Hall–Kier alpha value is -2.11. The largest absolute Gasteiger partial charge is 0.467 e. The molecule has 0 spiro atoms. The fourth-order valence-electron chi connectivity index (χ4n) is 5.69. The fraction of sp³-hybridized carbons (Fsp3) is 0.560. The van der Waals surface area contributed by atoms with Gasteiger partial charge in [-0.2, -0.15) is 0 Å². The Morgan fingerprint density at radius 3 is 2.40 bits per heavy atom. The summed E-state index contributed by atoms with van der Waals surface area (Å²) in [4.78, 5) is 18.0. The second kappa shape index (κ2) is 8.94. The summed E-state index contributed by atoms with van der Waals surface area (Å²) < 4.78 is 5.33. The smallest absolute Gasteiger partial charge is 0.224 e. The zero-order valence-corrected chi connectivity index (χ0v) is 17.8. The minimum absolute atomic E-state index is 0.107. The average molecular weight is 408 g/mol. The summed E-state index contributed by atoms with van der Waals surface area (Å²) in [6.07, 6.45) is 8.66. The summed E-state index contributed by atoms with van der Waals surface area (Å²) in [5.74, 6) is 1.10. The highest BCUT2D eigenvalue weighted by Crippen LogP contribution is 2.29. The molecule has 5 rings (SSSR count). The molecule has 2 fully saturated rings. The van der Waals surface area contributed by atoms with Crippen LogP contribution in [0.15, 0.2) is 47.1 Å². The minimum atomic E-state index is 0.107. The van der Waals surface area contributed by atoms with E-state index in [2.05, 4.69) is 39.4 Å². The van der Waals surface area contributed by atoms with E-state index in [-0.39, 0.29) is 11.8 Å². The number of fused-ring (bicyclic) bond motifs is 1. The standard InChI is InChI=1S/C25H33N3O2/c29-25(26-17-24-8-4-14-30-24)21-7-3-11-28(18-21)22-9-12-27(13-10-22)23-15-19-5-1-2-6-20(19)16-23/h1-2,4-6,8,14,21-23H,3,7,9-13,15-18H2,(H,26,29)/t21-/m0/s1. The Labute approximate surface area is 179 Å². The van der Waals surface area contributed by atoms with Crippen LogP contribution in [0.5, 0.6) is 0 Å². The molecule has 0 bridgehead atoms. The summed E-state index contributed by atoms with van der Waals surface area (Å²) in [6, 6.07) is 14.0. The lowest BCUT2D eigenvalue weighted by molar-refractivity contribution is -0.127. The van der Waals surface area contributed by atoms with Gasteiger partial charge < -0.3 is 9.73 Å². The van der Waals surface area contributed by atoms with Gasteiger partial charge in [-0.25, -0.2) is 0 Å². The monoisotopic (exact) mass is 407 g/mol. The molecule has 0 saturated carbocycles. The Bertz CT molecular complexity index is 817. The second-order valence-electron chi connectivity index (χ2n) is 9.23. The van der Waals surface area contributed by atoms with Crippen molar-refractivity contribution in [1.29, 1.82) is 0 Å². The highest BCUT2D eigenvalue weighted by atomic mass is 16.3. The van der Waals surface area contributed by atoms with Gasteiger partial charge in [-0.05, 0) is 81.4 Å². The van der Waals surface area contributed by atoms with E-state index in [1.807, 2.05) is 12.1 Å². The number of carbonyl (C=O) groups is 1. The van der Waals surface area contributed by atoms with Crippen LogP contribution in [-0.4, -0.2) is 54.0 Å². The predicted molar refractivity (Wildman–Crippen MR) is 117 cm³/mol. The maximum absolute atomic E-state index is 12.7. The van der Waals surface area contributed by atoms with Gasteiger partial charge in [0.15, 0.2) is 0 Å². The average Bonchev–Trinajstić information content (AvgIpc) is 3.47. The van der Waals surface area contributed by atoms with Crippen molar-refractivity contribution in [2.45, 2.75) is 57.2 Å². The third kappa shape index (κ3) is 4.33. The number of amides is 1. The van der Waals surface area contributed by atoms with Crippen LogP contribution < -0.4 is 5.32 Å². The van der Waals surface area contributed by atoms with Crippen molar-refractivity contribution in [3.63, 3.8) is 0 Å². The molecule has 3 heterocycles. The summed E-state index contributed by atoms with van der Waals surface area (Å²) >= 11 is 0. The van der Waals surface area contributed by atoms with Gasteiger partial charge in [-0.3, -0.25) is 14.6 Å². The van der Waals surface area contributed by atoms with Gasteiger partial charge >= 0.3 is 0 Å². The minimum Gasteiger partial charge on any atom is -0.467 e. The molecule has 1 aromatic carbocycles. The number of hydrogen-bond acceptors (Lipinski definition) is 4. The molecule has 5 nitrogen and oxygen atoms in total. The molecule has 2 aromatic rings. The van der Waals surface area contributed by atoms with Crippen LogP contribution in [0.25, 0.3) is 0 Å². The Balaban J connectivity index is 1.10. The zero-order valence-electron chi connectivity index (χ0n) is 17.8. The van der Waals surface area contributed by atoms with E-state index in [4.69, 9.17) is 4.42 Å². The summed E-state index contributed by atoms with van der Waals surface area (Å²) in [5, 5.41) is 3.06. The molecule has 160 valence electrons. The number of rotatable bonds is 5. The lowest BCUT2D eigenvalue weighted by Gasteiger charge is -2.43. The van der Waals surface area contributed by atoms with Crippen LogP contribution >= 0.6 is 0 Å². The number of likely N-dealkylation sites (tertiary alicyclic amines) is 2. The number of furan rings is 1. The molecule has 2 saturated heterocycles. The van der Waals surface area contributed by atoms with Crippen LogP contribution in [0.4, 0.5) is 0 Å². The molecule has 0 radical (unpaired) electrons. The molecular weight excluding hydrogens is 374 g/mol. The van der Waals surface area contributed by atoms with Gasteiger partial charge in [0.2, 0.25) is 5.91 Å². The molecule has 3 aliphatic rings. The van der Waals surface area contributed by atoms with Gasteiger partial charge in [-0.1, -0.05) is 24.3 Å². The Morgan fingerprint density at radius 2 is 1.70 bits per heavy atom. The van der Waals surface area contributed by atoms with E-state index < -0.39 is 0 Å². The number of carbonyl (C=O) groups excluding carboxylic acids is 1. The number of piperidine rings is 2. The fourth-order valence-corrected chi connectivity index (χ4v) is 5.69. The normalized spacial score (nSPS) is 24.1. The zero-order chi connectivity index (χ0) is 20.3. The van der Waals surface area contributed by atoms with E-state index in [1.165, 1.54) is 38.8 Å². The van der Waals surface area contributed by atoms with E-state index in [1.54, 1.807) is 17.4 Å². The maximum Gasteiger partial charge on any atom is 0.224 e. The second-order valence-corrected chi connectivity index (χ2v) is 9.23. The Morgan fingerprint density at radius 1 is 0.933 bits per heavy atom. The molecule has 30 heavy (non-hydrogen) atoms. The molecule has 1 amide bonds. The van der Waals surface area contributed by atoms with Crippen LogP contribution in [0.3, 0.4) is 0 Å². The van der Waals surface area contributed by atoms with Gasteiger partial charge in [0.25, 0.3) is 0 Å². The third-order valence-electron chi connectivity index (χ3n) is 7.40. The molecule has 1 N–H and O–H groups in total. The molecule has 1 aliphatic carbocycles. The molecule has 1 atom stereocenters. The molecule has 2 aliphatic heterocycles. The van der Waals surface area contributed by atoms with Crippen LogP contribution in [0, 0.1) is 5.92 Å². The van der Waals surface area contributed by atoms with Crippen molar-refractivity contribution in [3.8, 4) is 0 Å². The van der Waals surface area contributed by atoms with E-state index in [0.717, 1.165) is 31.7 Å². The Kier molecular flexibility index (Phi) is 5.91. The maximum atomic E-state index is 12.7. The molecule has 1 aromatic heterocycles. The first-order valence-electron chi connectivity index (χ1n) is 11.6. The molecule has 5 heteroatoms. The van der Waals surface area contributed by atoms with E-state index >= 15 is 0 Å². The molecule has 0 unspecified atom stereocenters. The van der Waals surface area contributed by atoms with Crippen LogP contribution in [0.2, 0.25) is 0 Å². The summed E-state index contributed by atoms with van der Waals surface area (Å²) in [5.41, 5.74) is 3.09. The van der Waals surface area contributed by atoms with Gasteiger partial charge in [0, 0.05) is 18.6 Å². The lowest BCUT2D eigenvalue weighted by Crippen LogP contribution is -2.52. The van der Waals surface area contributed by atoms with Gasteiger partial charge in [0.05, 0.1) is 18.7 Å². The highest BCUT2D eigenvalue weighted by Gasteiger charge is 2.34. The number of hydrogen-bond donors (Lipinski definition) is 1. The van der Waals surface area contributed by atoms with Crippen molar-refractivity contribution in [3.05, 3.63) is 59.5 Å². The number of benzene rings is 1. The van der Waals surface area contributed by atoms with Crippen molar-refractivity contribution in [1.82, 2.24) is 15.1 Å². The van der Waals surface area contributed by atoms with Crippen molar-refractivity contribution < 1.29 is 9.21 Å².